The van der Waals surface area contributed by atoms with Gasteiger partial charge in [-0.15, -0.1) is 0 Å². The first-order valence-electron chi connectivity index (χ1n) is 14.2. The second-order valence-electron chi connectivity index (χ2n) is 9.85. The van der Waals surface area contributed by atoms with E-state index in [2.05, 4.69) is 32.0 Å². The number of anilines is 1. The summed E-state index contributed by atoms with van der Waals surface area (Å²) in [6, 6.07) is 6.59. The summed E-state index contributed by atoms with van der Waals surface area (Å²) < 4.78 is 0. The highest BCUT2D eigenvalue weighted by Gasteiger charge is 2.06. The Morgan fingerprint density at radius 2 is 0.871 bits per heavy atom. The van der Waals surface area contributed by atoms with Gasteiger partial charge in [0.2, 0.25) is 0 Å². The fraction of sp³-hybridized carbons (Fsp3) is 0.800. The molecule has 0 spiro atoms. The molecule has 0 radical (unpaired) electrons. The summed E-state index contributed by atoms with van der Waals surface area (Å²) in [6.07, 6.45) is 30.5. The van der Waals surface area contributed by atoms with Crippen molar-refractivity contribution in [2.24, 2.45) is 0 Å². The quantitative estimate of drug-likeness (QED) is 0.144. The number of nitrogens with two attached hydrogens (primary N) is 1. The molecule has 0 saturated carbocycles. The summed E-state index contributed by atoms with van der Waals surface area (Å²) in [7, 11) is 0. The van der Waals surface area contributed by atoms with E-state index >= 15 is 0 Å². The topological polar surface area (TPSA) is 26.0 Å². The zero-order valence-corrected chi connectivity index (χ0v) is 21.4. The van der Waals surface area contributed by atoms with Crippen LogP contribution in [-0.4, -0.2) is 0 Å². The van der Waals surface area contributed by atoms with Gasteiger partial charge in [0.15, 0.2) is 0 Å². The molecule has 0 unspecified atom stereocenters. The van der Waals surface area contributed by atoms with Gasteiger partial charge in [0.25, 0.3) is 0 Å². The van der Waals surface area contributed by atoms with Crippen molar-refractivity contribution in [1.29, 1.82) is 0 Å². The summed E-state index contributed by atoms with van der Waals surface area (Å²) >= 11 is 0. The molecule has 1 nitrogen and oxygen atoms in total. The lowest BCUT2D eigenvalue weighted by Crippen LogP contribution is -2.01. The largest absolute Gasteiger partial charge is 0.398 e. The maximum atomic E-state index is 6.36. The van der Waals surface area contributed by atoms with Crippen LogP contribution in [0.5, 0.6) is 0 Å². The molecule has 180 valence electrons. The molecular weight excluding hydrogens is 374 g/mol. The molecule has 0 aromatic heterocycles. The van der Waals surface area contributed by atoms with Crippen LogP contribution in [-0.2, 0) is 12.8 Å². The Hall–Kier alpha value is -0.980. The molecule has 1 rings (SSSR count). The zero-order chi connectivity index (χ0) is 22.4. The molecule has 2 N–H and O–H groups in total. The average Bonchev–Trinajstić information content (AvgIpc) is 2.77. The Bertz CT molecular complexity index is 507. The van der Waals surface area contributed by atoms with E-state index in [0.717, 1.165) is 5.69 Å². The highest BCUT2D eigenvalue weighted by molar-refractivity contribution is 5.51. The number of rotatable bonds is 22. The monoisotopic (exact) mass is 429 g/mol. The van der Waals surface area contributed by atoms with Crippen LogP contribution in [0, 0.1) is 0 Å². The van der Waals surface area contributed by atoms with Gasteiger partial charge in [0, 0.05) is 5.69 Å². The third-order valence-corrected chi connectivity index (χ3v) is 6.89. The van der Waals surface area contributed by atoms with Crippen molar-refractivity contribution in [3.8, 4) is 0 Å². The number of nitrogen functional groups attached to an aromatic ring is 1. The maximum Gasteiger partial charge on any atom is 0.0349 e. The summed E-state index contributed by atoms with van der Waals surface area (Å²) in [5.74, 6) is 0. The van der Waals surface area contributed by atoms with Crippen LogP contribution in [0.4, 0.5) is 5.69 Å². The second-order valence-corrected chi connectivity index (χ2v) is 9.85. The Kier molecular flexibility index (Phi) is 18.9. The second kappa shape index (κ2) is 20.9. The van der Waals surface area contributed by atoms with Crippen LogP contribution in [0.2, 0.25) is 0 Å². The maximum absolute atomic E-state index is 6.36. The van der Waals surface area contributed by atoms with Gasteiger partial charge >= 0.3 is 0 Å². The van der Waals surface area contributed by atoms with Crippen molar-refractivity contribution < 1.29 is 0 Å². The van der Waals surface area contributed by atoms with Gasteiger partial charge in [0.05, 0.1) is 0 Å². The lowest BCUT2D eigenvalue weighted by molar-refractivity contribution is 0.553. The lowest BCUT2D eigenvalue weighted by atomic mass is 9.95. The van der Waals surface area contributed by atoms with E-state index in [0.29, 0.717) is 0 Å². The standard InChI is InChI=1S/C30H55N/c1-3-5-7-9-11-13-15-17-19-21-24-28-25-23-27-30(31)29(28)26-22-20-18-16-14-12-10-8-6-4-2/h23,25,27H,3-22,24,26,31H2,1-2H3. The van der Waals surface area contributed by atoms with Crippen LogP contribution in [0.1, 0.15) is 153 Å². The van der Waals surface area contributed by atoms with Gasteiger partial charge in [-0.3, -0.25) is 0 Å². The van der Waals surface area contributed by atoms with Crippen molar-refractivity contribution >= 4 is 5.69 Å². The van der Waals surface area contributed by atoms with Crippen molar-refractivity contribution in [3.05, 3.63) is 29.3 Å². The van der Waals surface area contributed by atoms with E-state index in [9.17, 15) is 0 Å². The molecule has 0 aliphatic heterocycles. The highest BCUT2D eigenvalue weighted by atomic mass is 14.6. The SMILES string of the molecule is CCCCCCCCCCCCc1cccc(N)c1CCCCCCCCCCCC. The van der Waals surface area contributed by atoms with Crippen LogP contribution >= 0.6 is 0 Å². The molecule has 0 atom stereocenters. The Labute approximate surface area is 196 Å². The molecule has 0 bridgehead atoms. The summed E-state index contributed by atoms with van der Waals surface area (Å²) in [6.45, 7) is 4.59. The van der Waals surface area contributed by atoms with E-state index in [1.54, 1.807) is 0 Å². The van der Waals surface area contributed by atoms with Gasteiger partial charge in [0.1, 0.15) is 0 Å². The average molecular weight is 430 g/mol. The smallest absolute Gasteiger partial charge is 0.0349 e. The molecule has 0 heterocycles. The Balaban J connectivity index is 2.11. The molecule has 31 heavy (non-hydrogen) atoms. The van der Waals surface area contributed by atoms with Crippen LogP contribution in [0.3, 0.4) is 0 Å². The summed E-state index contributed by atoms with van der Waals surface area (Å²) in [4.78, 5) is 0. The Morgan fingerprint density at radius 1 is 0.484 bits per heavy atom. The molecule has 0 saturated heterocycles. The van der Waals surface area contributed by atoms with Crippen molar-refractivity contribution in [3.63, 3.8) is 0 Å². The summed E-state index contributed by atoms with van der Waals surface area (Å²) in [5, 5.41) is 0. The minimum Gasteiger partial charge on any atom is -0.398 e. The third kappa shape index (κ3) is 15.5. The molecular formula is C30H55N. The van der Waals surface area contributed by atoms with Gasteiger partial charge in [-0.1, -0.05) is 142 Å². The predicted molar refractivity (Wildman–Crippen MR) is 142 cm³/mol. The van der Waals surface area contributed by atoms with E-state index in [-0.39, 0.29) is 0 Å². The molecule has 0 aliphatic rings. The number of hydrogen-bond acceptors (Lipinski definition) is 1. The van der Waals surface area contributed by atoms with Crippen molar-refractivity contribution in [2.75, 3.05) is 5.73 Å². The first-order chi connectivity index (χ1) is 15.3. The number of unbranched alkanes of at least 4 members (excludes halogenated alkanes) is 18. The molecule has 0 aliphatic carbocycles. The molecule has 0 fully saturated rings. The van der Waals surface area contributed by atoms with Crippen LogP contribution < -0.4 is 5.73 Å². The van der Waals surface area contributed by atoms with E-state index in [1.165, 1.54) is 152 Å². The van der Waals surface area contributed by atoms with Gasteiger partial charge in [-0.25, -0.2) is 0 Å². The molecule has 1 heteroatoms. The minimum atomic E-state index is 1.03. The Morgan fingerprint density at radius 3 is 1.32 bits per heavy atom. The number of hydrogen-bond donors (Lipinski definition) is 1. The lowest BCUT2D eigenvalue weighted by Gasteiger charge is -2.13. The van der Waals surface area contributed by atoms with Crippen molar-refractivity contribution in [1.82, 2.24) is 0 Å². The minimum absolute atomic E-state index is 1.03. The van der Waals surface area contributed by atoms with Crippen LogP contribution in [0.25, 0.3) is 0 Å². The third-order valence-electron chi connectivity index (χ3n) is 6.89. The summed E-state index contributed by atoms with van der Waals surface area (Å²) in [5.41, 5.74) is 10.4. The fourth-order valence-electron chi connectivity index (χ4n) is 4.79. The predicted octanol–water partition coefficient (Wildman–Crippen LogP) is 10.2. The fourth-order valence-corrected chi connectivity index (χ4v) is 4.79. The first kappa shape index (κ1) is 28.1. The molecule has 1 aromatic rings. The molecule has 0 amide bonds. The van der Waals surface area contributed by atoms with E-state index < -0.39 is 0 Å². The number of aryl methyl sites for hydroxylation is 1. The van der Waals surface area contributed by atoms with E-state index in [1.807, 2.05) is 0 Å². The first-order valence-corrected chi connectivity index (χ1v) is 14.2. The van der Waals surface area contributed by atoms with Gasteiger partial charge in [-0.05, 0) is 42.9 Å². The number of benzene rings is 1. The normalized spacial score (nSPS) is 11.3. The highest BCUT2D eigenvalue weighted by Crippen LogP contribution is 2.23. The van der Waals surface area contributed by atoms with E-state index in [4.69, 9.17) is 5.73 Å². The zero-order valence-electron chi connectivity index (χ0n) is 21.4. The van der Waals surface area contributed by atoms with Gasteiger partial charge < -0.3 is 5.73 Å². The van der Waals surface area contributed by atoms with Gasteiger partial charge in [-0.2, -0.15) is 0 Å². The van der Waals surface area contributed by atoms with Crippen molar-refractivity contribution in [2.45, 2.75) is 155 Å². The van der Waals surface area contributed by atoms with Crippen LogP contribution in [0.15, 0.2) is 18.2 Å². The molecule has 1 aromatic carbocycles.